The summed E-state index contributed by atoms with van der Waals surface area (Å²) < 4.78 is 0. The third-order valence-corrected chi connectivity index (χ3v) is 4.30. The third-order valence-electron chi connectivity index (χ3n) is 4.30. The molecule has 0 aromatic heterocycles. The Labute approximate surface area is 112 Å². The molecule has 2 rings (SSSR count). The van der Waals surface area contributed by atoms with Crippen molar-refractivity contribution < 1.29 is 5.11 Å². The molecule has 0 bridgehead atoms. The normalized spacial score (nSPS) is 24.5. The maximum atomic E-state index is 9.44. The Morgan fingerprint density at radius 3 is 2.00 bits per heavy atom. The van der Waals surface area contributed by atoms with Crippen molar-refractivity contribution in [3.05, 3.63) is 6.42 Å². The number of hydrogen-bond donors (Lipinski definition) is 1. The highest BCUT2D eigenvalue weighted by atomic mass is 16.3. The zero-order chi connectivity index (χ0) is 12.6. The molecule has 0 aromatic carbocycles. The average Bonchev–Trinajstić information content (AvgIpc) is 2.42. The summed E-state index contributed by atoms with van der Waals surface area (Å²) in [7, 11) is 0. The van der Waals surface area contributed by atoms with Crippen LogP contribution in [-0.2, 0) is 0 Å². The first-order valence-electron chi connectivity index (χ1n) is 7.79. The summed E-state index contributed by atoms with van der Waals surface area (Å²) >= 11 is 0. The zero-order valence-electron chi connectivity index (χ0n) is 11.7. The van der Waals surface area contributed by atoms with Crippen LogP contribution < -0.4 is 0 Å². The monoisotopic (exact) mass is 253 g/mol. The number of unbranched alkanes of at least 4 members (excludes halogenated alkanes) is 2. The molecule has 0 amide bonds. The number of nitrogens with zero attached hydrogens (tertiary/aromatic N) is 2. The van der Waals surface area contributed by atoms with E-state index in [4.69, 9.17) is 0 Å². The van der Waals surface area contributed by atoms with Crippen molar-refractivity contribution in [2.24, 2.45) is 0 Å². The fourth-order valence-electron chi connectivity index (χ4n) is 3.02. The fourth-order valence-corrected chi connectivity index (χ4v) is 3.02. The third kappa shape index (κ3) is 5.25. The van der Waals surface area contributed by atoms with Gasteiger partial charge in [-0.05, 0) is 71.1 Å². The van der Waals surface area contributed by atoms with Crippen molar-refractivity contribution >= 4 is 0 Å². The lowest BCUT2D eigenvalue weighted by atomic mass is 10.1. The second-order valence-corrected chi connectivity index (χ2v) is 5.84. The molecule has 2 fully saturated rings. The molecule has 2 aliphatic rings. The minimum Gasteiger partial charge on any atom is -0.393 e. The highest BCUT2D eigenvalue weighted by Crippen LogP contribution is 2.12. The van der Waals surface area contributed by atoms with Gasteiger partial charge in [-0.1, -0.05) is 6.42 Å². The van der Waals surface area contributed by atoms with Crippen LogP contribution in [-0.4, -0.2) is 60.3 Å². The lowest BCUT2D eigenvalue weighted by molar-refractivity contribution is 0.0829. The van der Waals surface area contributed by atoms with Crippen LogP contribution in [0.4, 0.5) is 0 Å². The maximum absolute atomic E-state index is 9.44. The predicted octanol–water partition coefficient (Wildman–Crippen LogP) is 1.91. The SMILES string of the molecule is OC1CCN(CC[CH]CCN2CCCCC2)CC1. The van der Waals surface area contributed by atoms with E-state index >= 15 is 0 Å². The molecular formula is C15H29N2O. The van der Waals surface area contributed by atoms with Crippen LogP contribution in [0.15, 0.2) is 0 Å². The molecular weight excluding hydrogens is 224 g/mol. The first-order valence-corrected chi connectivity index (χ1v) is 7.79. The van der Waals surface area contributed by atoms with Crippen molar-refractivity contribution in [1.82, 2.24) is 9.80 Å². The molecule has 0 atom stereocenters. The summed E-state index contributed by atoms with van der Waals surface area (Å²) in [6.45, 7) is 7.25. The number of piperidine rings is 2. The van der Waals surface area contributed by atoms with E-state index in [0.29, 0.717) is 0 Å². The average molecular weight is 253 g/mol. The summed E-state index contributed by atoms with van der Waals surface area (Å²) in [5.74, 6) is 0. The topological polar surface area (TPSA) is 26.7 Å². The van der Waals surface area contributed by atoms with Gasteiger partial charge in [-0.2, -0.15) is 0 Å². The molecule has 1 N–H and O–H groups in total. The molecule has 0 saturated carbocycles. The van der Waals surface area contributed by atoms with Gasteiger partial charge in [-0.25, -0.2) is 0 Å². The molecule has 2 saturated heterocycles. The molecule has 105 valence electrons. The quantitative estimate of drug-likeness (QED) is 0.733. The molecule has 2 aliphatic heterocycles. The number of rotatable bonds is 6. The van der Waals surface area contributed by atoms with Crippen LogP contribution >= 0.6 is 0 Å². The zero-order valence-corrected chi connectivity index (χ0v) is 11.7. The summed E-state index contributed by atoms with van der Waals surface area (Å²) in [6, 6.07) is 0. The number of hydrogen-bond acceptors (Lipinski definition) is 3. The van der Waals surface area contributed by atoms with Crippen molar-refractivity contribution in [2.45, 2.75) is 51.0 Å². The van der Waals surface area contributed by atoms with Crippen molar-refractivity contribution in [2.75, 3.05) is 39.3 Å². The predicted molar refractivity (Wildman–Crippen MR) is 75.5 cm³/mol. The van der Waals surface area contributed by atoms with Gasteiger partial charge in [0.25, 0.3) is 0 Å². The lowest BCUT2D eigenvalue weighted by Crippen LogP contribution is -2.36. The van der Waals surface area contributed by atoms with Gasteiger partial charge in [0.05, 0.1) is 6.10 Å². The summed E-state index contributed by atoms with van der Waals surface area (Å²) in [6.07, 6.45) is 11.0. The van der Waals surface area contributed by atoms with E-state index in [0.717, 1.165) is 25.9 Å². The Morgan fingerprint density at radius 1 is 0.833 bits per heavy atom. The Hall–Kier alpha value is -0.120. The summed E-state index contributed by atoms with van der Waals surface area (Å²) in [5, 5.41) is 9.44. The molecule has 0 spiro atoms. The van der Waals surface area contributed by atoms with Crippen LogP contribution in [0.2, 0.25) is 0 Å². The molecule has 0 aliphatic carbocycles. The van der Waals surface area contributed by atoms with Gasteiger partial charge in [0.1, 0.15) is 0 Å². The Kier molecular flexibility index (Phi) is 6.46. The Balaban J connectivity index is 1.43. The second kappa shape index (κ2) is 8.13. The van der Waals surface area contributed by atoms with Gasteiger partial charge >= 0.3 is 0 Å². The van der Waals surface area contributed by atoms with Gasteiger partial charge in [0, 0.05) is 13.1 Å². The molecule has 3 nitrogen and oxygen atoms in total. The minimum atomic E-state index is -0.0377. The number of aliphatic hydroxyl groups excluding tert-OH is 1. The second-order valence-electron chi connectivity index (χ2n) is 5.84. The van der Waals surface area contributed by atoms with Crippen LogP contribution in [0, 0.1) is 6.42 Å². The van der Waals surface area contributed by atoms with Crippen molar-refractivity contribution in [3.63, 3.8) is 0 Å². The largest absolute Gasteiger partial charge is 0.393 e. The van der Waals surface area contributed by atoms with Gasteiger partial charge in [-0.3, -0.25) is 0 Å². The van der Waals surface area contributed by atoms with E-state index in [9.17, 15) is 5.11 Å². The molecule has 1 radical (unpaired) electrons. The van der Waals surface area contributed by atoms with Gasteiger partial charge < -0.3 is 14.9 Å². The van der Waals surface area contributed by atoms with Gasteiger partial charge in [-0.15, -0.1) is 0 Å². The highest BCUT2D eigenvalue weighted by Gasteiger charge is 2.16. The molecule has 0 aromatic rings. The molecule has 3 heteroatoms. The molecule has 2 heterocycles. The minimum absolute atomic E-state index is 0.0377. The smallest absolute Gasteiger partial charge is 0.0564 e. The fraction of sp³-hybridized carbons (Fsp3) is 0.933. The standard InChI is InChI=1S/C15H29N2O/c18-15-7-13-17(14-8-15)12-6-2-5-11-16-9-3-1-4-10-16/h2,15,18H,1,3-14H2. The van der Waals surface area contributed by atoms with Crippen molar-refractivity contribution in [1.29, 1.82) is 0 Å². The van der Waals surface area contributed by atoms with Crippen LogP contribution in [0.1, 0.15) is 44.9 Å². The van der Waals surface area contributed by atoms with Crippen LogP contribution in [0.3, 0.4) is 0 Å². The van der Waals surface area contributed by atoms with E-state index in [2.05, 4.69) is 16.2 Å². The Bertz CT molecular complexity index is 209. The number of likely N-dealkylation sites (tertiary alicyclic amines) is 2. The first-order chi connectivity index (χ1) is 8.84. The number of aliphatic hydroxyl groups is 1. The van der Waals surface area contributed by atoms with E-state index in [-0.39, 0.29) is 6.10 Å². The molecule has 18 heavy (non-hydrogen) atoms. The van der Waals surface area contributed by atoms with E-state index < -0.39 is 0 Å². The maximum Gasteiger partial charge on any atom is 0.0564 e. The highest BCUT2D eigenvalue weighted by molar-refractivity contribution is 4.75. The molecule has 0 unspecified atom stereocenters. The van der Waals surface area contributed by atoms with E-state index in [1.54, 1.807) is 0 Å². The Morgan fingerprint density at radius 2 is 1.39 bits per heavy atom. The first kappa shape index (κ1) is 14.3. The summed E-state index contributed by atoms with van der Waals surface area (Å²) in [5.41, 5.74) is 0. The van der Waals surface area contributed by atoms with Crippen LogP contribution in [0.25, 0.3) is 0 Å². The van der Waals surface area contributed by atoms with E-state index in [1.807, 2.05) is 0 Å². The van der Waals surface area contributed by atoms with Crippen LogP contribution in [0.5, 0.6) is 0 Å². The van der Waals surface area contributed by atoms with Gasteiger partial charge in [0.2, 0.25) is 0 Å². The van der Waals surface area contributed by atoms with Crippen molar-refractivity contribution in [3.8, 4) is 0 Å². The lowest BCUT2D eigenvalue weighted by Gasteiger charge is -2.29. The van der Waals surface area contributed by atoms with E-state index in [1.165, 1.54) is 58.3 Å². The van der Waals surface area contributed by atoms with Gasteiger partial charge in [0.15, 0.2) is 0 Å². The summed E-state index contributed by atoms with van der Waals surface area (Å²) in [4.78, 5) is 5.10.